The third-order valence-corrected chi connectivity index (χ3v) is 3.46. The van der Waals surface area contributed by atoms with Gasteiger partial charge in [0.2, 0.25) is 5.91 Å². The highest BCUT2D eigenvalue weighted by Gasteiger charge is 2.07. The SMILES string of the molecule is CCOc1ccc(C=CC(=O)Nc2ccccc2C(C)C)cc1. The van der Waals surface area contributed by atoms with Crippen LogP contribution >= 0.6 is 0 Å². The summed E-state index contributed by atoms with van der Waals surface area (Å²) in [5, 5.41) is 2.94. The molecule has 3 heteroatoms. The van der Waals surface area contributed by atoms with Gasteiger partial charge in [-0.1, -0.05) is 44.2 Å². The van der Waals surface area contributed by atoms with Crippen molar-refractivity contribution in [1.82, 2.24) is 0 Å². The lowest BCUT2D eigenvalue weighted by Crippen LogP contribution is -2.10. The lowest BCUT2D eigenvalue weighted by atomic mass is 10.0. The van der Waals surface area contributed by atoms with Crippen molar-refractivity contribution in [3.05, 3.63) is 65.7 Å². The summed E-state index contributed by atoms with van der Waals surface area (Å²) in [5.74, 6) is 1.06. The second kappa shape index (κ2) is 8.18. The second-order valence-corrected chi connectivity index (χ2v) is 5.57. The highest BCUT2D eigenvalue weighted by molar-refractivity contribution is 6.02. The van der Waals surface area contributed by atoms with E-state index < -0.39 is 0 Å². The van der Waals surface area contributed by atoms with Gasteiger partial charge in [-0.2, -0.15) is 0 Å². The van der Waals surface area contributed by atoms with Gasteiger partial charge in [0, 0.05) is 11.8 Å². The highest BCUT2D eigenvalue weighted by atomic mass is 16.5. The summed E-state index contributed by atoms with van der Waals surface area (Å²) < 4.78 is 5.40. The average molecular weight is 309 g/mol. The van der Waals surface area contributed by atoms with Gasteiger partial charge in [-0.25, -0.2) is 0 Å². The monoisotopic (exact) mass is 309 g/mol. The average Bonchev–Trinajstić information content (AvgIpc) is 2.55. The number of rotatable bonds is 6. The van der Waals surface area contributed by atoms with Crippen LogP contribution in [0.5, 0.6) is 5.75 Å². The van der Waals surface area contributed by atoms with Crippen molar-refractivity contribution in [2.75, 3.05) is 11.9 Å². The van der Waals surface area contributed by atoms with E-state index in [1.54, 1.807) is 12.2 Å². The largest absolute Gasteiger partial charge is 0.494 e. The van der Waals surface area contributed by atoms with Crippen LogP contribution in [0.4, 0.5) is 5.69 Å². The molecule has 2 rings (SSSR count). The van der Waals surface area contributed by atoms with Crippen molar-refractivity contribution in [3.63, 3.8) is 0 Å². The van der Waals surface area contributed by atoms with Gasteiger partial charge in [-0.3, -0.25) is 4.79 Å². The molecule has 0 fully saturated rings. The van der Waals surface area contributed by atoms with E-state index in [0.717, 1.165) is 22.6 Å². The van der Waals surface area contributed by atoms with E-state index in [4.69, 9.17) is 4.74 Å². The molecular weight excluding hydrogens is 286 g/mol. The third-order valence-electron chi connectivity index (χ3n) is 3.46. The number of ether oxygens (including phenoxy) is 1. The number of carbonyl (C=O) groups excluding carboxylic acids is 1. The molecule has 0 unspecified atom stereocenters. The standard InChI is InChI=1S/C20H23NO2/c1-4-23-17-12-9-16(10-13-17)11-14-20(22)21-19-8-6-5-7-18(19)15(2)3/h5-15H,4H2,1-3H3,(H,21,22). The van der Waals surface area contributed by atoms with Gasteiger partial charge in [-0.15, -0.1) is 0 Å². The van der Waals surface area contributed by atoms with Crippen LogP contribution in [0.15, 0.2) is 54.6 Å². The number of benzene rings is 2. The Hall–Kier alpha value is -2.55. The Morgan fingerprint density at radius 1 is 1.13 bits per heavy atom. The molecule has 0 heterocycles. The molecule has 0 atom stereocenters. The van der Waals surface area contributed by atoms with E-state index in [0.29, 0.717) is 12.5 Å². The highest BCUT2D eigenvalue weighted by Crippen LogP contribution is 2.23. The minimum absolute atomic E-state index is 0.132. The lowest BCUT2D eigenvalue weighted by Gasteiger charge is -2.12. The summed E-state index contributed by atoms with van der Waals surface area (Å²) in [5.41, 5.74) is 2.96. The Balaban J connectivity index is 2.02. The molecule has 0 bridgehead atoms. The summed E-state index contributed by atoms with van der Waals surface area (Å²) in [6, 6.07) is 15.5. The number of hydrogen-bond donors (Lipinski definition) is 1. The molecule has 0 radical (unpaired) electrons. The molecule has 3 nitrogen and oxygen atoms in total. The molecule has 1 N–H and O–H groups in total. The van der Waals surface area contributed by atoms with Crippen molar-refractivity contribution in [3.8, 4) is 5.75 Å². The molecule has 0 aliphatic heterocycles. The number of nitrogens with one attached hydrogen (secondary N) is 1. The van der Waals surface area contributed by atoms with E-state index in [1.165, 1.54) is 0 Å². The topological polar surface area (TPSA) is 38.3 Å². The smallest absolute Gasteiger partial charge is 0.248 e. The molecule has 2 aromatic rings. The van der Waals surface area contributed by atoms with Crippen molar-refractivity contribution < 1.29 is 9.53 Å². The van der Waals surface area contributed by atoms with Crippen LogP contribution in [0.3, 0.4) is 0 Å². The maximum absolute atomic E-state index is 12.1. The molecule has 0 saturated heterocycles. The molecule has 1 amide bonds. The van der Waals surface area contributed by atoms with Gasteiger partial charge in [0.15, 0.2) is 0 Å². The lowest BCUT2D eigenvalue weighted by molar-refractivity contribution is -0.111. The number of anilines is 1. The molecule has 0 aliphatic rings. The first-order valence-corrected chi connectivity index (χ1v) is 7.91. The first-order chi connectivity index (χ1) is 11.1. The van der Waals surface area contributed by atoms with Crippen molar-refractivity contribution in [2.24, 2.45) is 0 Å². The molecule has 0 saturated carbocycles. The predicted octanol–water partition coefficient (Wildman–Crippen LogP) is 4.86. The summed E-state index contributed by atoms with van der Waals surface area (Å²) >= 11 is 0. The van der Waals surface area contributed by atoms with Gasteiger partial charge in [0.25, 0.3) is 0 Å². The van der Waals surface area contributed by atoms with Crippen LogP contribution in [0.1, 0.15) is 37.8 Å². The molecule has 0 aromatic heterocycles. The second-order valence-electron chi connectivity index (χ2n) is 5.57. The molecule has 120 valence electrons. The Labute approximate surface area is 138 Å². The van der Waals surface area contributed by atoms with Gasteiger partial charge < -0.3 is 10.1 Å². The van der Waals surface area contributed by atoms with E-state index in [2.05, 4.69) is 19.2 Å². The Kier molecular flexibility index (Phi) is 5.98. The van der Waals surface area contributed by atoms with Crippen LogP contribution < -0.4 is 10.1 Å². The molecular formula is C20H23NO2. The van der Waals surface area contributed by atoms with Crippen LogP contribution in [-0.2, 0) is 4.79 Å². The predicted molar refractivity (Wildman–Crippen MR) is 95.8 cm³/mol. The van der Waals surface area contributed by atoms with Crippen molar-refractivity contribution in [1.29, 1.82) is 0 Å². The van der Waals surface area contributed by atoms with Gasteiger partial charge in [0.1, 0.15) is 5.75 Å². The fraction of sp³-hybridized carbons (Fsp3) is 0.250. The minimum Gasteiger partial charge on any atom is -0.494 e. The number of amides is 1. The minimum atomic E-state index is -0.132. The maximum atomic E-state index is 12.1. The van der Waals surface area contributed by atoms with Crippen LogP contribution in [0, 0.1) is 0 Å². The van der Waals surface area contributed by atoms with Crippen LogP contribution in [0.25, 0.3) is 6.08 Å². The van der Waals surface area contributed by atoms with Gasteiger partial charge >= 0.3 is 0 Å². The molecule has 0 spiro atoms. The number of para-hydroxylation sites is 1. The summed E-state index contributed by atoms with van der Waals surface area (Å²) in [4.78, 5) is 12.1. The van der Waals surface area contributed by atoms with Crippen LogP contribution in [-0.4, -0.2) is 12.5 Å². The first kappa shape index (κ1) is 16.8. The van der Waals surface area contributed by atoms with Crippen molar-refractivity contribution in [2.45, 2.75) is 26.7 Å². The maximum Gasteiger partial charge on any atom is 0.248 e. The molecule has 23 heavy (non-hydrogen) atoms. The van der Waals surface area contributed by atoms with E-state index in [9.17, 15) is 4.79 Å². The van der Waals surface area contributed by atoms with Gasteiger partial charge in [-0.05, 0) is 48.2 Å². The quantitative estimate of drug-likeness (QED) is 0.774. The molecule has 2 aromatic carbocycles. The van der Waals surface area contributed by atoms with E-state index >= 15 is 0 Å². The summed E-state index contributed by atoms with van der Waals surface area (Å²) in [6.07, 6.45) is 3.34. The Bertz CT molecular complexity index is 672. The first-order valence-electron chi connectivity index (χ1n) is 7.91. The number of carbonyl (C=O) groups is 1. The normalized spacial score (nSPS) is 11.0. The Morgan fingerprint density at radius 2 is 1.83 bits per heavy atom. The van der Waals surface area contributed by atoms with Crippen molar-refractivity contribution >= 4 is 17.7 Å². The zero-order valence-corrected chi connectivity index (χ0v) is 13.9. The van der Waals surface area contributed by atoms with E-state index in [1.807, 2.05) is 55.5 Å². The summed E-state index contributed by atoms with van der Waals surface area (Å²) in [7, 11) is 0. The Morgan fingerprint density at radius 3 is 2.48 bits per heavy atom. The zero-order valence-electron chi connectivity index (χ0n) is 13.9. The fourth-order valence-corrected chi connectivity index (χ4v) is 2.30. The summed E-state index contributed by atoms with van der Waals surface area (Å²) in [6.45, 7) is 6.82. The van der Waals surface area contributed by atoms with Crippen LogP contribution in [0.2, 0.25) is 0 Å². The number of hydrogen-bond acceptors (Lipinski definition) is 2. The third kappa shape index (κ3) is 4.99. The van der Waals surface area contributed by atoms with Gasteiger partial charge in [0.05, 0.1) is 6.61 Å². The van der Waals surface area contributed by atoms with E-state index in [-0.39, 0.29) is 5.91 Å². The molecule has 0 aliphatic carbocycles. The zero-order chi connectivity index (χ0) is 16.7. The fourth-order valence-electron chi connectivity index (χ4n) is 2.30.